The fourth-order valence-corrected chi connectivity index (χ4v) is 3.42. The van der Waals surface area contributed by atoms with E-state index in [1.165, 1.54) is 0 Å². The highest BCUT2D eigenvalue weighted by molar-refractivity contribution is 5.90. The highest BCUT2D eigenvalue weighted by Gasteiger charge is 2.48. The molecule has 2 aliphatic rings. The Morgan fingerprint density at radius 1 is 1.18 bits per heavy atom. The molecule has 17 heavy (non-hydrogen) atoms. The van der Waals surface area contributed by atoms with Crippen molar-refractivity contribution < 1.29 is 9.59 Å². The molecule has 1 saturated heterocycles. The van der Waals surface area contributed by atoms with Gasteiger partial charge >= 0.3 is 0 Å². The lowest BCUT2D eigenvalue weighted by Gasteiger charge is -2.39. The van der Waals surface area contributed by atoms with E-state index in [1.807, 2.05) is 0 Å². The first-order valence-corrected chi connectivity index (χ1v) is 6.74. The molecule has 3 N–H and O–H groups in total. The number of hydrogen-bond donors (Lipinski definition) is 2. The van der Waals surface area contributed by atoms with Crippen molar-refractivity contribution in [3.05, 3.63) is 0 Å². The van der Waals surface area contributed by atoms with E-state index in [0.717, 1.165) is 57.9 Å². The predicted molar refractivity (Wildman–Crippen MR) is 65.1 cm³/mol. The molecule has 0 aromatic heterocycles. The lowest BCUT2D eigenvalue weighted by atomic mass is 9.63. The maximum Gasteiger partial charge on any atom is 0.224 e. The van der Waals surface area contributed by atoms with Crippen molar-refractivity contribution in [1.82, 2.24) is 5.32 Å². The van der Waals surface area contributed by atoms with E-state index >= 15 is 0 Å². The van der Waals surface area contributed by atoms with Gasteiger partial charge in [0.15, 0.2) is 0 Å². The summed E-state index contributed by atoms with van der Waals surface area (Å²) in [6, 6.07) is 0. The van der Waals surface area contributed by atoms with Gasteiger partial charge in [-0.25, -0.2) is 0 Å². The van der Waals surface area contributed by atoms with Crippen LogP contribution in [-0.4, -0.2) is 18.4 Å². The van der Waals surface area contributed by atoms with E-state index in [0.29, 0.717) is 0 Å². The number of carbonyl (C=O) groups is 2. The Bertz CT molecular complexity index is 309. The van der Waals surface area contributed by atoms with Crippen molar-refractivity contribution in [3.63, 3.8) is 0 Å². The molecule has 1 unspecified atom stereocenters. The van der Waals surface area contributed by atoms with Gasteiger partial charge in [-0.3, -0.25) is 9.59 Å². The second kappa shape index (κ2) is 5.07. The van der Waals surface area contributed by atoms with Gasteiger partial charge in [0, 0.05) is 6.54 Å². The van der Waals surface area contributed by atoms with Crippen molar-refractivity contribution in [2.45, 2.75) is 51.4 Å². The van der Waals surface area contributed by atoms with Crippen molar-refractivity contribution >= 4 is 11.8 Å². The number of nitrogens with one attached hydrogen (secondary N) is 1. The molecule has 2 amide bonds. The summed E-state index contributed by atoms with van der Waals surface area (Å²) in [5, 5.41) is 2.92. The SMILES string of the molecule is NC(=O)C1(C2CCCCNC2=O)CCCCC1. The van der Waals surface area contributed by atoms with Gasteiger partial charge in [0.2, 0.25) is 11.8 Å². The van der Waals surface area contributed by atoms with Crippen LogP contribution in [0.2, 0.25) is 0 Å². The number of amides is 2. The average Bonchev–Trinajstić information content (AvgIpc) is 2.55. The Balaban J connectivity index is 2.24. The minimum atomic E-state index is -0.563. The minimum Gasteiger partial charge on any atom is -0.369 e. The van der Waals surface area contributed by atoms with Crippen molar-refractivity contribution in [3.8, 4) is 0 Å². The standard InChI is InChI=1S/C13H22N2O2/c14-12(17)13(7-3-1-4-8-13)10-6-2-5-9-15-11(10)16/h10H,1-9H2,(H2,14,17)(H,15,16). The summed E-state index contributed by atoms with van der Waals surface area (Å²) in [5.74, 6) is -0.412. The van der Waals surface area contributed by atoms with Crippen LogP contribution in [0, 0.1) is 11.3 Å². The number of carbonyl (C=O) groups excluding carboxylic acids is 2. The van der Waals surface area contributed by atoms with Crippen molar-refractivity contribution in [2.24, 2.45) is 17.1 Å². The summed E-state index contributed by atoms with van der Waals surface area (Å²) in [7, 11) is 0. The Labute approximate surface area is 102 Å². The molecule has 0 bridgehead atoms. The quantitative estimate of drug-likeness (QED) is 0.762. The van der Waals surface area contributed by atoms with E-state index < -0.39 is 5.41 Å². The third-order valence-corrected chi connectivity index (χ3v) is 4.44. The molecule has 4 nitrogen and oxygen atoms in total. The first-order chi connectivity index (χ1) is 8.17. The number of primary amides is 1. The highest BCUT2D eigenvalue weighted by Crippen LogP contribution is 2.45. The van der Waals surface area contributed by atoms with Crippen LogP contribution in [0.15, 0.2) is 0 Å². The van der Waals surface area contributed by atoms with Crippen molar-refractivity contribution in [1.29, 1.82) is 0 Å². The Morgan fingerprint density at radius 2 is 1.88 bits per heavy atom. The Kier molecular flexibility index (Phi) is 3.69. The highest BCUT2D eigenvalue weighted by atomic mass is 16.2. The van der Waals surface area contributed by atoms with Gasteiger partial charge in [0.1, 0.15) is 0 Å². The predicted octanol–water partition coefficient (Wildman–Crippen LogP) is 1.34. The Morgan fingerprint density at radius 3 is 2.53 bits per heavy atom. The zero-order valence-corrected chi connectivity index (χ0v) is 10.3. The normalized spacial score (nSPS) is 29.2. The maximum atomic E-state index is 12.1. The summed E-state index contributed by atoms with van der Waals surface area (Å²) in [6.45, 7) is 0.740. The van der Waals surface area contributed by atoms with E-state index in [9.17, 15) is 9.59 Å². The minimum absolute atomic E-state index is 0.0446. The maximum absolute atomic E-state index is 12.1. The van der Waals surface area contributed by atoms with Gasteiger partial charge in [0.25, 0.3) is 0 Å². The van der Waals surface area contributed by atoms with Gasteiger partial charge in [0.05, 0.1) is 11.3 Å². The first kappa shape index (κ1) is 12.4. The van der Waals surface area contributed by atoms with Gasteiger partial charge < -0.3 is 11.1 Å². The fraction of sp³-hybridized carbons (Fsp3) is 0.846. The summed E-state index contributed by atoms with van der Waals surface area (Å²) >= 11 is 0. The summed E-state index contributed by atoms with van der Waals surface area (Å²) < 4.78 is 0. The fourth-order valence-electron chi connectivity index (χ4n) is 3.42. The second-order valence-corrected chi connectivity index (χ2v) is 5.42. The number of hydrogen-bond acceptors (Lipinski definition) is 2. The molecule has 0 aromatic carbocycles. The van der Waals surface area contributed by atoms with Crippen LogP contribution < -0.4 is 11.1 Å². The molecular weight excluding hydrogens is 216 g/mol. The molecule has 4 heteroatoms. The van der Waals surface area contributed by atoms with Crippen LogP contribution in [0.4, 0.5) is 0 Å². The Hall–Kier alpha value is -1.06. The average molecular weight is 238 g/mol. The third kappa shape index (κ3) is 2.31. The summed E-state index contributed by atoms with van der Waals surface area (Å²) in [4.78, 5) is 24.0. The second-order valence-electron chi connectivity index (χ2n) is 5.42. The monoisotopic (exact) mass is 238 g/mol. The van der Waals surface area contributed by atoms with Gasteiger partial charge in [-0.1, -0.05) is 25.7 Å². The molecule has 2 fully saturated rings. The van der Waals surface area contributed by atoms with E-state index in [-0.39, 0.29) is 17.7 Å². The largest absolute Gasteiger partial charge is 0.369 e. The van der Waals surface area contributed by atoms with Gasteiger partial charge in [-0.05, 0) is 25.7 Å². The lowest BCUT2D eigenvalue weighted by Crippen LogP contribution is -2.49. The van der Waals surface area contributed by atoms with Crippen LogP contribution in [0.5, 0.6) is 0 Å². The van der Waals surface area contributed by atoms with Crippen LogP contribution in [0.25, 0.3) is 0 Å². The van der Waals surface area contributed by atoms with E-state index in [4.69, 9.17) is 5.73 Å². The van der Waals surface area contributed by atoms with Crippen LogP contribution in [0.3, 0.4) is 0 Å². The molecule has 2 rings (SSSR count). The topological polar surface area (TPSA) is 72.2 Å². The zero-order chi connectivity index (χ0) is 12.3. The van der Waals surface area contributed by atoms with Crippen LogP contribution in [0.1, 0.15) is 51.4 Å². The first-order valence-electron chi connectivity index (χ1n) is 6.74. The molecule has 96 valence electrons. The number of rotatable bonds is 2. The van der Waals surface area contributed by atoms with E-state index in [1.54, 1.807) is 0 Å². The lowest BCUT2D eigenvalue weighted by molar-refractivity contribution is -0.142. The molecule has 1 heterocycles. The smallest absolute Gasteiger partial charge is 0.224 e. The van der Waals surface area contributed by atoms with Gasteiger partial charge in [-0.2, -0.15) is 0 Å². The number of nitrogens with two attached hydrogens (primary N) is 1. The third-order valence-electron chi connectivity index (χ3n) is 4.44. The molecule has 1 aliphatic carbocycles. The van der Waals surface area contributed by atoms with E-state index in [2.05, 4.69) is 5.32 Å². The summed E-state index contributed by atoms with van der Waals surface area (Å²) in [6.07, 6.45) is 7.62. The molecule has 0 aromatic rings. The van der Waals surface area contributed by atoms with Crippen LogP contribution >= 0.6 is 0 Å². The van der Waals surface area contributed by atoms with Crippen molar-refractivity contribution in [2.75, 3.05) is 6.54 Å². The molecule has 0 radical (unpaired) electrons. The molecule has 1 aliphatic heterocycles. The zero-order valence-electron chi connectivity index (χ0n) is 10.3. The molecule has 0 spiro atoms. The molecule has 1 saturated carbocycles. The molecular formula is C13H22N2O2. The van der Waals surface area contributed by atoms with Crippen LogP contribution in [-0.2, 0) is 9.59 Å². The van der Waals surface area contributed by atoms with Gasteiger partial charge in [-0.15, -0.1) is 0 Å². The molecule has 1 atom stereocenters. The summed E-state index contributed by atoms with van der Waals surface area (Å²) in [5.41, 5.74) is 5.06.